The van der Waals surface area contributed by atoms with Gasteiger partial charge in [0.15, 0.2) is 0 Å². The molecule has 5 nitrogen and oxygen atoms in total. The van der Waals surface area contributed by atoms with Crippen LogP contribution in [0.3, 0.4) is 0 Å². The lowest BCUT2D eigenvalue weighted by atomic mass is 10.1. The molecule has 0 aliphatic carbocycles. The van der Waals surface area contributed by atoms with Gasteiger partial charge in [0.25, 0.3) is 5.89 Å². The smallest absolute Gasteiger partial charge is 0.251 e. The summed E-state index contributed by atoms with van der Waals surface area (Å²) in [7, 11) is 0. The van der Waals surface area contributed by atoms with Crippen LogP contribution in [0, 0.1) is 5.82 Å². The third kappa shape index (κ3) is 2.96. The van der Waals surface area contributed by atoms with Crippen LogP contribution in [-0.2, 0) is 0 Å². The Morgan fingerprint density at radius 3 is 2.68 bits per heavy atom. The molecule has 3 rings (SSSR count). The van der Waals surface area contributed by atoms with E-state index in [1.165, 1.54) is 18.5 Å². The van der Waals surface area contributed by atoms with Crippen LogP contribution in [0.5, 0.6) is 5.75 Å². The SMILES string of the molecule is OC(COc1ccccc1-c1nnco1)c1ccccc1F. The molecule has 0 spiro atoms. The van der Waals surface area contributed by atoms with Crippen LogP contribution < -0.4 is 4.74 Å². The largest absolute Gasteiger partial charge is 0.490 e. The summed E-state index contributed by atoms with van der Waals surface area (Å²) in [4.78, 5) is 0. The molecule has 22 heavy (non-hydrogen) atoms. The van der Waals surface area contributed by atoms with Gasteiger partial charge in [0.05, 0.1) is 5.56 Å². The zero-order valence-corrected chi connectivity index (χ0v) is 11.5. The maximum atomic E-state index is 13.6. The lowest BCUT2D eigenvalue weighted by Gasteiger charge is -2.14. The van der Waals surface area contributed by atoms with Gasteiger partial charge in [0.1, 0.15) is 24.3 Å². The zero-order chi connectivity index (χ0) is 15.4. The number of para-hydroxylation sites is 1. The van der Waals surface area contributed by atoms with Gasteiger partial charge in [-0.3, -0.25) is 0 Å². The Kier molecular flexibility index (Phi) is 4.11. The van der Waals surface area contributed by atoms with Gasteiger partial charge in [0, 0.05) is 5.56 Å². The molecule has 0 radical (unpaired) electrons. The molecule has 2 aromatic carbocycles. The highest BCUT2D eigenvalue weighted by Crippen LogP contribution is 2.29. The maximum Gasteiger partial charge on any atom is 0.251 e. The summed E-state index contributed by atoms with van der Waals surface area (Å²) in [5.74, 6) is 0.321. The molecule has 0 fully saturated rings. The fourth-order valence-electron chi connectivity index (χ4n) is 2.06. The van der Waals surface area contributed by atoms with Crippen molar-refractivity contribution in [2.24, 2.45) is 0 Å². The van der Waals surface area contributed by atoms with Crippen molar-refractivity contribution in [3.63, 3.8) is 0 Å². The molecule has 1 N–H and O–H groups in total. The van der Waals surface area contributed by atoms with Crippen LogP contribution in [0.1, 0.15) is 11.7 Å². The molecule has 1 heterocycles. The van der Waals surface area contributed by atoms with E-state index in [1.807, 2.05) is 0 Å². The standard InChI is InChI=1S/C16H13FN2O3/c17-13-7-3-1-5-11(13)14(20)9-21-15-8-4-2-6-12(15)16-19-18-10-22-16/h1-8,10,14,20H,9H2. The van der Waals surface area contributed by atoms with Crippen LogP contribution in [0.25, 0.3) is 11.5 Å². The second kappa shape index (κ2) is 6.36. The second-order valence-electron chi connectivity index (χ2n) is 4.59. The predicted octanol–water partition coefficient (Wildman–Crippen LogP) is 2.99. The Morgan fingerprint density at radius 1 is 1.14 bits per heavy atom. The van der Waals surface area contributed by atoms with E-state index in [2.05, 4.69) is 10.2 Å². The van der Waals surface area contributed by atoms with Gasteiger partial charge >= 0.3 is 0 Å². The third-order valence-electron chi connectivity index (χ3n) is 3.14. The topological polar surface area (TPSA) is 68.4 Å². The van der Waals surface area contributed by atoms with Gasteiger partial charge in [-0.25, -0.2) is 4.39 Å². The van der Waals surface area contributed by atoms with Crippen molar-refractivity contribution in [2.75, 3.05) is 6.61 Å². The molecular weight excluding hydrogens is 287 g/mol. The molecular formula is C16H13FN2O3. The van der Waals surface area contributed by atoms with Gasteiger partial charge < -0.3 is 14.3 Å². The lowest BCUT2D eigenvalue weighted by Crippen LogP contribution is -2.11. The molecule has 0 bridgehead atoms. The number of ether oxygens (including phenoxy) is 1. The number of aliphatic hydroxyl groups is 1. The highest BCUT2D eigenvalue weighted by molar-refractivity contribution is 5.62. The lowest BCUT2D eigenvalue weighted by molar-refractivity contribution is 0.105. The van der Waals surface area contributed by atoms with Gasteiger partial charge in [-0.05, 0) is 18.2 Å². The first-order valence-corrected chi connectivity index (χ1v) is 6.66. The summed E-state index contributed by atoms with van der Waals surface area (Å²) in [6, 6.07) is 13.1. The monoisotopic (exact) mass is 300 g/mol. The first-order valence-electron chi connectivity index (χ1n) is 6.66. The van der Waals surface area contributed by atoms with E-state index in [9.17, 15) is 9.50 Å². The minimum atomic E-state index is -1.07. The van der Waals surface area contributed by atoms with Crippen LogP contribution in [0.2, 0.25) is 0 Å². The quantitative estimate of drug-likeness (QED) is 0.784. The minimum Gasteiger partial charge on any atom is -0.490 e. The Balaban J connectivity index is 1.76. The number of rotatable bonds is 5. The van der Waals surface area contributed by atoms with Gasteiger partial charge in [-0.2, -0.15) is 0 Å². The van der Waals surface area contributed by atoms with E-state index in [0.717, 1.165) is 0 Å². The average Bonchev–Trinajstić information content (AvgIpc) is 3.07. The van der Waals surface area contributed by atoms with Crippen molar-refractivity contribution in [3.8, 4) is 17.2 Å². The first-order chi connectivity index (χ1) is 10.8. The minimum absolute atomic E-state index is 0.0912. The Labute approximate surface area is 126 Å². The van der Waals surface area contributed by atoms with Crippen LogP contribution in [0.15, 0.2) is 59.3 Å². The van der Waals surface area contributed by atoms with Crippen molar-refractivity contribution in [1.29, 1.82) is 0 Å². The zero-order valence-electron chi connectivity index (χ0n) is 11.5. The fourth-order valence-corrected chi connectivity index (χ4v) is 2.06. The Bertz CT molecular complexity index is 747. The molecule has 6 heteroatoms. The highest BCUT2D eigenvalue weighted by atomic mass is 19.1. The molecule has 0 saturated carbocycles. The fraction of sp³-hybridized carbons (Fsp3) is 0.125. The summed E-state index contributed by atoms with van der Waals surface area (Å²) < 4.78 is 24.4. The van der Waals surface area contributed by atoms with Crippen LogP contribution in [0.4, 0.5) is 4.39 Å². The van der Waals surface area contributed by atoms with Crippen LogP contribution in [-0.4, -0.2) is 21.9 Å². The number of benzene rings is 2. The normalized spacial score (nSPS) is 12.1. The number of aromatic nitrogens is 2. The average molecular weight is 300 g/mol. The number of halogens is 1. The molecule has 0 amide bonds. The molecule has 112 valence electrons. The molecule has 0 aliphatic rings. The van der Waals surface area contributed by atoms with E-state index in [0.29, 0.717) is 17.2 Å². The van der Waals surface area contributed by atoms with E-state index in [-0.39, 0.29) is 12.2 Å². The second-order valence-corrected chi connectivity index (χ2v) is 4.59. The number of hydrogen-bond donors (Lipinski definition) is 1. The van der Waals surface area contributed by atoms with Crippen molar-refractivity contribution >= 4 is 0 Å². The molecule has 0 aliphatic heterocycles. The number of aliphatic hydroxyl groups excluding tert-OH is 1. The third-order valence-corrected chi connectivity index (χ3v) is 3.14. The molecule has 1 aromatic heterocycles. The predicted molar refractivity (Wildman–Crippen MR) is 76.6 cm³/mol. The number of nitrogens with zero attached hydrogens (tertiary/aromatic N) is 2. The Morgan fingerprint density at radius 2 is 1.91 bits per heavy atom. The summed E-state index contributed by atoms with van der Waals surface area (Å²) in [6.45, 7) is -0.0912. The van der Waals surface area contributed by atoms with Gasteiger partial charge in [-0.1, -0.05) is 30.3 Å². The number of hydrogen-bond acceptors (Lipinski definition) is 5. The van der Waals surface area contributed by atoms with Crippen molar-refractivity contribution in [2.45, 2.75) is 6.10 Å². The maximum absolute atomic E-state index is 13.6. The molecule has 1 atom stereocenters. The molecule has 3 aromatic rings. The van der Waals surface area contributed by atoms with Gasteiger partial charge in [-0.15, -0.1) is 10.2 Å². The van der Waals surface area contributed by atoms with Crippen LogP contribution >= 0.6 is 0 Å². The first kappa shape index (κ1) is 14.2. The van der Waals surface area contributed by atoms with Gasteiger partial charge in [0.2, 0.25) is 6.39 Å². The summed E-state index contributed by atoms with van der Waals surface area (Å²) in [5.41, 5.74) is 0.804. The van der Waals surface area contributed by atoms with E-state index >= 15 is 0 Å². The van der Waals surface area contributed by atoms with E-state index in [4.69, 9.17) is 9.15 Å². The van der Waals surface area contributed by atoms with Crippen molar-refractivity contribution in [1.82, 2.24) is 10.2 Å². The van der Waals surface area contributed by atoms with E-state index < -0.39 is 11.9 Å². The highest BCUT2D eigenvalue weighted by Gasteiger charge is 2.15. The molecule has 1 unspecified atom stereocenters. The molecule has 0 saturated heterocycles. The van der Waals surface area contributed by atoms with Crippen molar-refractivity contribution < 1.29 is 18.7 Å². The van der Waals surface area contributed by atoms with Crippen molar-refractivity contribution in [3.05, 3.63) is 66.3 Å². The summed E-state index contributed by atoms with van der Waals surface area (Å²) in [6.07, 6.45) is 0.150. The summed E-state index contributed by atoms with van der Waals surface area (Å²) >= 11 is 0. The Hall–Kier alpha value is -2.73. The van der Waals surface area contributed by atoms with E-state index in [1.54, 1.807) is 36.4 Å². The summed E-state index contributed by atoms with van der Waals surface area (Å²) in [5, 5.41) is 17.5.